The van der Waals surface area contributed by atoms with Crippen LogP contribution in [0, 0.1) is 5.92 Å². The minimum atomic E-state index is 0.836. The molecular weight excluding hydrogens is 200 g/mol. The van der Waals surface area contributed by atoms with Crippen molar-refractivity contribution in [1.82, 2.24) is 10.2 Å². The van der Waals surface area contributed by atoms with Crippen molar-refractivity contribution in [2.75, 3.05) is 33.8 Å². The molecule has 1 heterocycles. The summed E-state index contributed by atoms with van der Waals surface area (Å²) in [6, 6.07) is 8.31. The number of rotatable bonds is 5. The lowest BCUT2D eigenvalue weighted by Gasteiger charge is -2.31. The molecule has 1 fully saturated rings. The summed E-state index contributed by atoms with van der Waals surface area (Å²) in [5.41, 5.74) is 1.34. The maximum atomic E-state index is 5.14. The van der Waals surface area contributed by atoms with E-state index >= 15 is 0 Å². The van der Waals surface area contributed by atoms with Gasteiger partial charge >= 0.3 is 0 Å². The van der Waals surface area contributed by atoms with Gasteiger partial charge in [0.1, 0.15) is 5.75 Å². The zero-order valence-electron chi connectivity index (χ0n) is 10.1. The zero-order chi connectivity index (χ0) is 11.4. The average Bonchev–Trinajstić information content (AvgIpc) is 2.25. The number of hydrogen-bond donors (Lipinski definition) is 1. The Bertz CT molecular complexity index is 319. The van der Waals surface area contributed by atoms with E-state index in [9.17, 15) is 0 Å². The molecule has 1 N–H and O–H groups in total. The number of hydrogen-bond acceptors (Lipinski definition) is 3. The van der Waals surface area contributed by atoms with Crippen molar-refractivity contribution in [1.29, 1.82) is 0 Å². The molecule has 0 aromatic heterocycles. The van der Waals surface area contributed by atoms with E-state index in [2.05, 4.69) is 29.4 Å². The molecular formula is C13H20N2O. The molecule has 0 aliphatic carbocycles. The van der Waals surface area contributed by atoms with E-state index in [1.807, 2.05) is 12.1 Å². The molecule has 1 aromatic rings. The van der Waals surface area contributed by atoms with Crippen LogP contribution in [0.25, 0.3) is 0 Å². The van der Waals surface area contributed by atoms with Gasteiger partial charge in [0, 0.05) is 26.2 Å². The van der Waals surface area contributed by atoms with Crippen molar-refractivity contribution in [2.24, 2.45) is 5.92 Å². The minimum Gasteiger partial charge on any atom is -0.497 e. The second-order valence-corrected chi connectivity index (χ2v) is 4.57. The van der Waals surface area contributed by atoms with Gasteiger partial charge in [0.25, 0.3) is 0 Å². The van der Waals surface area contributed by atoms with E-state index in [4.69, 9.17) is 4.74 Å². The van der Waals surface area contributed by atoms with E-state index in [1.54, 1.807) is 7.11 Å². The molecule has 1 aromatic carbocycles. The van der Waals surface area contributed by atoms with Gasteiger partial charge in [0.2, 0.25) is 0 Å². The summed E-state index contributed by atoms with van der Waals surface area (Å²) in [7, 11) is 3.88. The van der Waals surface area contributed by atoms with E-state index in [1.165, 1.54) is 25.2 Å². The predicted octanol–water partition coefficient (Wildman–Crippen LogP) is 1.35. The fourth-order valence-corrected chi connectivity index (χ4v) is 2.03. The summed E-state index contributed by atoms with van der Waals surface area (Å²) in [4.78, 5) is 2.38. The van der Waals surface area contributed by atoms with Crippen LogP contribution >= 0.6 is 0 Å². The molecule has 0 spiro atoms. The first-order valence-corrected chi connectivity index (χ1v) is 5.80. The van der Waals surface area contributed by atoms with Crippen LogP contribution in [0.5, 0.6) is 5.75 Å². The lowest BCUT2D eigenvalue weighted by molar-refractivity contribution is 0.218. The molecule has 0 amide bonds. The summed E-state index contributed by atoms with van der Waals surface area (Å²) < 4.78 is 5.14. The van der Waals surface area contributed by atoms with Gasteiger partial charge in [-0.25, -0.2) is 0 Å². The summed E-state index contributed by atoms with van der Waals surface area (Å²) >= 11 is 0. The van der Waals surface area contributed by atoms with Crippen LogP contribution < -0.4 is 10.1 Å². The monoisotopic (exact) mass is 220 g/mol. The topological polar surface area (TPSA) is 24.5 Å². The van der Waals surface area contributed by atoms with Crippen molar-refractivity contribution >= 4 is 0 Å². The highest BCUT2D eigenvalue weighted by Gasteiger charge is 2.18. The Balaban J connectivity index is 1.82. The molecule has 3 nitrogen and oxygen atoms in total. The first-order chi connectivity index (χ1) is 7.78. The van der Waals surface area contributed by atoms with Crippen LogP contribution in [0.1, 0.15) is 5.56 Å². The van der Waals surface area contributed by atoms with Crippen LogP contribution in [-0.4, -0.2) is 38.7 Å². The first kappa shape index (κ1) is 11.4. The molecule has 0 unspecified atom stereocenters. The highest BCUT2D eigenvalue weighted by molar-refractivity contribution is 5.27. The van der Waals surface area contributed by atoms with Gasteiger partial charge in [-0.15, -0.1) is 0 Å². The van der Waals surface area contributed by atoms with E-state index < -0.39 is 0 Å². The van der Waals surface area contributed by atoms with Gasteiger partial charge < -0.3 is 15.0 Å². The molecule has 0 bridgehead atoms. The Hall–Kier alpha value is -1.06. The normalized spacial score (nSPS) is 16.2. The van der Waals surface area contributed by atoms with E-state index in [0.29, 0.717) is 0 Å². The predicted molar refractivity (Wildman–Crippen MR) is 65.7 cm³/mol. The number of ether oxygens (including phenoxy) is 1. The summed E-state index contributed by atoms with van der Waals surface area (Å²) in [6.45, 7) is 4.54. The largest absolute Gasteiger partial charge is 0.497 e. The van der Waals surface area contributed by atoms with E-state index in [-0.39, 0.29) is 0 Å². The standard InChI is InChI=1S/C13H20N2O/c1-15(10-12-7-14-8-12)9-11-3-5-13(16-2)6-4-11/h3-6,12,14H,7-10H2,1-2H3. The lowest BCUT2D eigenvalue weighted by atomic mass is 10.0. The molecule has 2 rings (SSSR count). The van der Waals surface area contributed by atoms with Crippen LogP contribution in [0.2, 0.25) is 0 Å². The van der Waals surface area contributed by atoms with Crippen LogP contribution in [0.15, 0.2) is 24.3 Å². The van der Waals surface area contributed by atoms with Crippen LogP contribution in [-0.2, 0) is 6.54 Å². The third-order valence-corrected chi connectivity index (χ3v) is 3.05. The maximum Gasteiger partial charge on any atom is 0.118 e. The molecule has 0 radical (unpaired) electrons. The Morgan fingerprint density at radius 3 is 2.50 bits per heavy atom. The zero-order valence-corrected chi connectivity index (χ0v) is 10.1. The summed E-state index contributed by atoms with van der Waals surface area (Å²) in [6.07, 6.45) is 0. The summed E-state index contributed by atoms with van der Waals surface area (Å²) in [5, 5.41) is 3.30. The van der Waals surface area contributed by atoms with Crippen molar-refractivity contribution in [3.8, 4) is 5.75 Å². The van der Waals surface area contributed by atoms with Gasteiger partial charge in [0.05, 0.1) is 7.11 Å². The highest BCUT2D eigenvalue weighted by Crippen LogP contribution is 2.13. The number of nitrogens with zero attached hydrogens (tertiary/aromatic N) is 1. The smallest absolute Gasteiger partial charge is 0.118 e. The van der Waals surface area contributed by atoms with Gasteiger partial charge in [-0.2, -0.15) is 0 Å². The van der Waals surface area contributed by atoms with Crippen molar-refractivity contribution in [3.63, 3.8) is 0 Å². The van der Waals surface area contributed by atoms with E-state index in [0.717, 1.165) is 18.2 Å². The molecule has 0 saturated carbocycles. The quantitative estimate of drug-likeness (QED) is 0.810. The third kappa shape index (κ3) is 2.97. The second-order valence-electron chi connectivity index (χ2n) is 4.57. The van der Waals surface area contributed by atoms with Gasteiger partial charge in [-0.3, -0.25) is 0 Å². The third-order valence-electron chi connectivity index (χ3n) is 3.05. The Morgan fingerprint density at radius 2 is 2.00 bits per heavy atom. The Kier molecular flexibility index (Phi) is 3.80. The van der Waals surface area contributed by atoms with Gasteiger partial charge in [-0.1, -0.05) is 12.1 Å². The molecule has 16 heavy (non-hydrogen) atoms. The fraction of sp³-hybridized carbons (Fsp3) is 0.538. The Morgan fingerprint density at radius 1 is 1.31 bits per heavy atom. The van der Waals surface area contributed by atoms with Crippen molar-refractivity contribution in [2.45, 2.75) is 6.54 Å². The Labute approximate surface area is 97.4 Å². The second kappa shape index (κ2) is 5.32. The highest BCUT2D eigenvalue weighted by atomic mass is 16.5. The van der Waals surface area contributed by atoms with Gasteiger partial charge in [0.15, 0.2) is 0 Å². The van der Waals surface area contributed by atoms with Crippen LogP contribution in [0.3, 0.4) is 0 Å². The SMILES string of the molecule is COc1ccc(CN(C)CC2CNC2)cc1. The molecule has 88 valence electrons. The first-order valence-electron chi connectivity index (χ1n) is 5.80. The fourth-order valence-electron chi connectivity index (χ4n) is 2.03. The molecule has 1 saturated heterocycles. The molecule has 3 heteroatoms. The summed E-state index contributed by atoms with van der Waals surface area (Å²) in [5.74, 6) is 1.76. The lowest BCUT2D eigenvalue weighted by Crippen LogP contribution is -2.47. The van der Waals surface area contributed by atoms with Gasteiger partial charge in [-0.05, 0) is 30.7 Å². The number of benzene rings is 1. The molecule has 1 aliphatic rings. The average molecular weight is 220 g/mol. The van der Waals surface area contributed by atoms with Crippen LogP contribution in [0.4, 0.5) is 0 Å². The molecule has 0 atom stereocenters. The molecule has 1 aliphatic heterocycles. The number of nitrogens with one attached hydrogen (secondary N) is 1. The van der Waals surface area contributed by atoms with Crippen molar-refractivity contribution in [3.05, 3.63) is 29.8 Å². The van der Waals surface area contributed by atoms with Crippen molar-refractivity contribution < 1.29 is 4.74 Å². The number of methoxy groups -OCH3 is 1. The maximum absolute atomic E-state index is 5.14. The minimum absolute atomic E-state index is 0.836.